The summed E-state index contributed by atoms with van der Waals surface area (Å²) in [6.45, 7) is 0.863. The van der Waals surface area contributed by atoms with Crippen molar-refractivity contribution in [3.05, 3.63) is 76.3 Å². The maximum absolute atomic E-state index is 12.1. The third-order valence-corrected chi connectivity index (χ3v) is 8.03. The quantitative estimate of drug-likeness (QED) is 0.497. The van der Waals surface area contributed by atoms with E-state index in [1.165, 1.54) is 0 Å². The van der Waals surface area contributed by atoms with E-state index in [1.807, 2.05) is 18.2 Å². The van der Waals surface area contributed by atoms with E-state index in [4.69, 9.17) is 27.9 Å². The SMILES string of the molecule is O=S1(=O)CCC(N(Cc2cccc3ccccc23)CC(O)COc2ccc(Cl)cc2Cl)C1. The highest BCUT2D eigenvalue weighted by Crippen LogP contribution is 2.28. The van der Waals surface area contributed by atoms with Crippen molar-refractivity contribution in [1.82, 2.24) is 4.90 Å². The van der Waals surface area contributed by atoms with Crippen molar-refractivity contribution >= 4 is 43.8 Å². The fraction of sp³-hybridized carbons (Fsp3) is 0.333. The minimum Gasteiger partial charge on any atom is -0.489 e. The highest BCUT2D eigenvalue weighted by Gasteiger charge is 2.33. The van der Waals surface area contributed by atoms with Gasteiger partial charge in [0.1, 0.15) is 18.5 Å². The number of hydrogen-bond donors (Lipinski definition) is 1. The first-order chi connectivity index (χ1) is 15.3. The van der Waals surface area contributed by atoms with Crippen LogP contribution >= 0.6 is 23.2 Å². The van der Waals surface area contributed by atoms with Gasteiger partial charge < -0.3 is 9.84 Å². The fourth-order valence-corrected chi connectivity index (χ4v) is 6.38. The molecule has 2 unspecified atom stereocenters. The Bertz CT molecular complexity index is 1200. The third-order valence-electron chi connectivity index (χ3n) is 5.75. The van der Waals surface area contributed by atoms with Crippen LogP contribution in [0.4, 0.5) is 0 Å². The van der Waals surface area contributed by atoms with Crippen LogP contribution in [0.5, 0.6) is 5.75 Å². The lowest BCUT2D eigenvalue weighted by molar-refractivity contribution is 0.0527. The average molecular weight is 494 g/mol. The van der Waals surface area contributed by atoms with Crippen molar-refractivity contribution < 1.29 is 18.3 Å². The van der Waals surface area contributed by atoms with E-state index in [2.05, 4.69) is 29.2 Å². The van der Waals surface area contributed by atoms with Crippen molar-refractivity contribution in [2.75, 3.05) is 24.7 Å². The summed E-state index contributed by atoms with van der Waals surface area (Å²) < 4.78 is 30.0. The van der Waals surface area contributed by atoms with Gasteiger partial charge in [0, 0.05) is 24.2 Å². The van der Waals surface area contributed by atoms with Crippen molar-refractivity contribution in [2.45, 2.75) is 25.1 Å². The van der Waals surface area contributed by atoms with Crippen LogP contribution in [0, 0.1) is 0 Å². The Morgan fingerprint density at radius 3 is 2.62 bits per heavy atom. The van der Waals surface area contributed by atoms with Gasteiger partial charge in [-0.15, -0.1) is 0 Å². The largest absolute Gasteiger partial charge is 0.489 e. The van der Waals surface area contributed by atoms with E-state index in [1.54, 1.807) is 18.2 Å². The van der Waals surface area contributed by atoms with Crippen molar-refractivity contribution in [2.24, 2.45) is 0 Å². The molecule has 8 heteroatoms. The molecule has 3 aromatic rings. The monoisotopic (exact) mass is 493 g/mol. The lowest BCUT2D eigenvalue weighted by Crippen LogP contribution is -2.42. The normalized spacial score (nSPS) is 18.8. The zero-order chi connectivity index (χ0) is 22.7. The minimum atomic E-state index is -3.06. The van der Waals surface area contributed by atoms with Gasteiger partial charge >= 0.3 is 0 Å². The average Bonchev–Trinajstić information content (AvgIpc) is 3.12. The number of rotatable bonds is 8. The number of aliphatic hydroxyl groups is 1. The van der Waals surface area contributed by atoms with Gasteiger partial charge in [0.2, 0.25) is 0 Å². The predicted molar refractivity (Wildman–Crippen MR) is 129 cm³/mol. The zero-order valence-electron chi connectivity index (χ0n) is 17.5. The smallest absolute Gasteiger partial charge is 0.151 e. The number of nitrogens with zero attached hydrogens (tertiary/aromatic N) is 1. The zero-order valence-corrected chi connectivity index (χ0v) is 19.8. The molecule has 0 amide bonds. The second-order valence-corrected chi connectivity index (χ2v) is 11.2. The second kappa shape index (κ2) is 9.98. The van der Waals surface area contributed by atoms with Crippen molar-refractivity contribution in [3.8, 4) is 5.75 Å². The summed E-state index contributed by atoms with van der Waals surface area (Å²) in [4.78, 5) is 2.06. The first-order valence-electron chi connectivity index (χ1n) is 10.5. The summed E-state index contributed by atoms with van der Waals surface area (Å²) >= 11 is 12.1. The molecule has 0 bridgehead atoms. The number of fused-ring (bicyclic) bond motifs is 1. The van der Waals surface area contributed by atoms with Crippen LogP contribution in [0.1, 0.15) is 12.0 Å². The minimum absolute atomic E-state index is 0.0346. The summed E-state index contributed by atoms with van der Waals surface area (Å²) in [5.41, 5.74) is 1.10. The number of sulfone groups is 1. The highest BCUT2D eigenvalue weighted by atomic mass is 35.5. The van der Waals surface area contributed by atoms with Gasteiger partial charge in [0.25, 0.3) is 0 Å². The molecule has 1 aliphatic rings. The molecule has 0 aliphatic carbocycles. The molecule has 4 rings (SSSR count). The fourth-order valence-electron chi connectivity index (χ4n) is 4.16. The molecule has 170 valence electrons. The molecule has 0 radical (unpaired) electrons. The molecule has 2 atom stereocenters. The van der Waals surface area contributed by atoms with Gasteiger partial charge in [0.15, 0.2) is 9.84 Å². The topological polar surface area (TPSA) is 66.8 Å². The Balaban J connectivity index is 1.50. The Morgan fingerprint density at radius 1 is 1.09 bits per heavy atom. The van der Waals surface area contributed by atoms with Crippen LogP contribution in [0.3, 0.4) is 0 Å². The molecular weight excluding hydrogens is 469 g/mol. The van der Waals surface area contributed by atoms with E-state index in [0.717, 1.165) is 16.3 Å². The van der Waals surface area contributed by atoms with Gasteiger partial charge in [-0.05, 0) is 41.0 Å². The predicted octanol–water partition coefficient (Wildman–Crippen LogP) is 4.58. The highest BCUT2D eigenvalue weighted by molar-refractivity contribution is 7.91. The first kappa shape index (κ1) is 23.3. The second-order valence-electron chi connectivity index (χ2n) is 8.16. The summed E-state index contributed by atoms with van der Waals surface area (Å²) in [7, 11) is -3.06. The Morgan fingerprint density at radius 2 is 1.88 bits per heavy atom. The molecular formula is C24H25Cl2NO4S. The number of hydrogen-bond acceptors (Lipinski definition) is 5. The summed E-state index contributed by atoms with van der Waals surface area (Å²) in [6, 6.07) is 19.0. The molecule has 0 aromatic heterocycles. The van der Waals surface area contributed by atoms with Crippen LogP contribution in [0.15, 0.2) is 60.7 Å². The molecule has 0 spiro atoms. The van der Waals surface area contributed by atoms with Crippen LogP contribution < -0.4 is 4.74 Å². The van der Waals surface area contributed by atoms with Gasteiger partial charge in [-0.3, -0.25) is 4.90 Å². The third kappa shape index (κ3) is 5.74. The molecule has 3 aromatic carbocycles. The molecule has 5 nitrogen and oxygen atoms in total. The summed E-state index contributed by atoms with van der Waals surface area (Å²) in [6.07, 6.45) is -0.260. The Kier molecular flexibility index (Phi) is 7.27. The standard InChI is InChI=1S/C24H25Cl2NO4S/c25-19-8-9-24(23(26)12-19)31-15-21(28)14-27(20-10-11-32(29,30)16-20)13-18-6-3-5-17-4-1-2-7-22(17)18/h1-9,12,20-21,28H,10-11,13-16H2. The molecule has 32 heavy (non-hydrogen) atoms. The number of aliphatic hydroxyl groups excluding tert-OH is 1. The van der Waals surface area contributed by atoms with Crippen LogP contribution in [0.25, 0.3) is 10.8 Å². The first-order valence-corrected chi connectivity index (χ1v) is 13.1. The van der Waals surface area contributed by atoms with Gasteiger partial charge in [-0.2, -0.15) is 0 Å². The van der Waals surface area contributed by atoms with Crippen molar-refractivity contribution in [3.63, 3.8) is 0 Å². The van der Waals surface area contributed by atoms with E-state index < -0.39 is 15.9 Å². The van der Waals surface area contributed by atoms with Gasteiger partial charge in [-0.1, -0.05) is 65.7 Å². The van der Waals surface area contributed by atoms with Crippen LogP contribution in [-0.4, -0.2) is 55.2 Å². The maximum Gasteiger partial charge on any atom is 0.151 e. The number of ether oxygens (including phenoxy) is 1. The summed E-state index contributed by atoms with van der Waals surface area (Å²) in [5, 5.41) is 13.9. The Labute approximate surface area is 198 Å². The number of benzene rings is 3. The van der Waals surface area contributed by atoms with E-state index >= 15 is 0 Å². The molecule has 0 saturated carbocycles. The van der Waals surface area contributed by atoms with E-state index in [0.29, 0.717) is 28.8 Å². The molecule has 1 saturated heterocycles. The lowest BCUT2D eigenvalue weighted by atomic mass is 10.0. The maximum atomic E-state index is 12.1. The molecule has 1 aliphatic heterocycles. The molecule has 1 heterocycles. The van der Waals surface area contributed by atoms with Gasteiger partial charge in [-0.25, -0.2) is 8.42 Å². The Hall–Kier alpha value is -1.83. The molecule has 1 fully saturated rings. The molecule has 1 N–H and O–H groups in total. The van der Waals surface area contributed by atoms with Crippen LogP contribution in [0.2, 0.25) is 10.0 Å². The summed E-state index contributed by atoms with van der Waals surface area (Å²) in [5.74, 6) is 0.726. The van der Waals surface area contributed by atoms with Crippen molar-refractivity contribution in [1.29, 1.82) is 0 Å². The van der Waals surface area contributed by atoms with E-state index in [9.17, 15) is 13.5 Å². The lowest BCUT2D eigenvalue weighted by Gasteiger charge is -2.30. The van der Waals surface area contributed by atoms with Gasteiger partial charge in [0.05, 0.1) is 16.5 Å². The number of halogens is 2. The van der Waals surface area contributed by atoms with E-state index in [-0.39, 0.29) is 30.7 Å². The van der Waals surface area contributed by atoms with Crippen LogP contribution in [-0.2, 0) is 16.4 Å².